The Balaban J connectivity index is 3.21. The van der Waals surface area contributed by atoms with Crippen molar-refractivity contribution in [3.05, 3.63) is 27.9 Å². The smallest absolute Gasteiger partial charge is 0.312 e. The number of halogens is 2. The van der Waals surface area contributed by atoms with Crippen molar-refractivity contribution in [3.8, 4) is 6.07 Å². The largest absolute Gasteiger partial charge is 0.395 e. The lowest BCUT2D eigenvalue weighted by atomic mass is 10.2. The fraction of sp³-hybridized carbons (Fsp3) is 0.400. The molecule has 1 aromatic heterocycles. The van der Waals surface area contributed by atoms with Crippen molar-refractivity contribution in [3.63, 3.8) is 0 Å². The number of hydrogen-bond donors (Lipinski definition) is 1. The summed E-state index contributed by atoms with van der Waals surface area (Å²) >= 11 is 0. The molecule has 9 heteroatoms. The molecule has 7 nitrogen and oxygen atoms in total. The predicted molar refractivity (Wildman–Crippen MR) is 60.9 cm³/mol. The molecule has 0 atom stereocenters. The first kappa shape index (κ1) is 14.7. The number of pyridine rings is 1. The number of nitro groups is 1. The van der Waals surface area contributed by atoms with Crippen LogP contribution in [0.4, 0.5) is 20.3 Å². The third-order valence-corrected chi connectivity index (χ3v) is 2.20. The molecule has 1 heterocycles. The molecule has 1 N–H and O–H groups in total. The molecule has 1 rings (SSSR count). The molecule has 0 radical (unpaired) electrons. The van der Waals surface area contributed by atoms with Crippen molar-refractivity contribution < 1.29 is 18.8 Å². The maximum Gasteiger partial charge on any atom is 0.312 e. The van der Waals surface area contributed by atoms with Gasteiger partial charge in [0.1, 0.15) is 6.07 Å². The summed E-state index contributed by atoms with van der Waals surface area (Å²) in [7, 11) is 0. The third-order valence-electron chi connectivity index (χ3n) is 2.20. The van der Waals surface area contributed by atoms with E-state index in [0.29, 0.717) is 0 Å². The average molecular weight is 272 g/mol. The molecule has 0 aromatic carbocycles. The van der Waals surface area contributed by atoms with Crippen molar-refractivity contribution in [2.45, 2.75) is 6.43 Å². The van der Waals surface area contributed by atoms with Gasteiger partial charge in [0, 0.05) is 18.8 Å². The summed E-state index contributed by atoms with van der Waals surface area (Å²) in [5.74, 6) is -0.293. The Bertz CT molecular complexity index is 504. The number of aliphatic hydroxyl groups excluding tert-OH is 1. The second-order valence-electron chi connectivity index (χ2n) is 3.50. The van der Waals surface area contributed by atoms with Crippen LogP contribution in [-0.4, -0.2) is 41.1 Å². The highest BCUT2D eigenvalue weighted by Crippen LogP contribution is 2.26. The Morgan fingerprint density at radius 1 is 1.63 bits per heavy atom. The topological polar surface area (TPSA) is 103 Å². The maximum atomic E-state index is 12.4. The Kier molecular flexibility index (Phi) is 5.08. The van der Waals surface area contributed by atoms with Crippen LogP contribution in [-0.2, 0) is 0 Å². The zero-order valence-corrected chi connectivity index (χ0v) is 9.66. The Labute approximate surface area is 106 Å². The molecule has 0 bridgehead atoms. The van der Waals surface area contributed by atoms with Gasteiger partial charge in [0.25, 0.3) is 6.43 Å². The number of alkyl halides is 2. The van der Waals surface area contributed by atoms with Gasteiger partial charge in [0.05, 0.1) is 23.6 Å². The molecule has 0 amide bonds. The van der Waals surface area contributed by atoms with Crippen molar-refractivity contribution in [2.24, 2.45) is 0 Å². The van der Waals surface area contributed by atoms with E-state index in [9.17, 15) is 18.9 Å². The molecule has 19 heavy (non-hydrogen) atoms. The van der Waals surface area contributed by atoms with E-state index in [2.05, 4.69) is 4.98 Å². The standard InChI is InChI=1S/C10H10F2N4O3/c11-9(12)6-15(1-2-17)10-8(16(18)19)3-7(4-13)5-14-10/h3,5,9,17H,1-2,6H2. The predicted octanol–water partition coefficient (Wildman–Crippen LogP) is 0.925. The Morgan fingerprint density at radius 3 is 2.79 bits per heavy atom. The molecule has 102 valence electrons. The minimum atomic E-state index is -2.73. The lowest BCUT2D eigenvalue weighted by Gasteiger charge is -2.21. The van der Waals surface area contributed by atoms with Gasteiger partial charge >= 0.3 is 5.69 Å². The molecule has 0 unspecified atom stereocenters. The van der Waals surface area contributed by atoms with Gasteiger partial charge in [0.15, 0.2) is 0 Å². The number of nitrogens with zero attached hydrogens (tertiary/aromatic N) is 4. The first-order chi connectivity index (χ1) is 8.99. The normalized spacial score (nSPS) is 10.3. The number of hydrogen-bond acceptors (Lipinski definition) is 6. The van der Waals surface area contributed by atoms with Gasteiger partial charge in [-0.15, -0.1) is 0 Å². The second kappa shape index (κ2) is 6.55. The summed E-state index contributed by atoms with van der Waals surface area (Å²) in [6, 6.07) is 2.63. The fourth-order valence-electron chi connectivity index (χ4n) is 1.46. The van der Waals surface area contributed by atoms with E-state index in [1.807, 2.05) is 0 Å². The lowest BCUT2D eigenvalue weighted by Crippen LogP contribution is -2.32. The summed E-state index contributed by atoms with van der Waals surface area (Å²) < 4.78 is 24.8. The lowest BCUT2D eigenvalue weighted by molar-refractivity contribution is -0.384. The molecule has 0 saturated heterocycles. The highest BCUT2D eigenvalue weighted by Gasteiger charge is 2.24. The minimum Gasteiger partial charge on any atom is -0.395 e. The van der Waals surface area contributed by atoms with Crippen LogP contribution in [0.15, 0.2) is 12.3 Å². The van der Waals surface area contributed by atoms with Crippen LogP contribution in [0.5, 0.6) is 0 Å². The van der Waals surface area contributed by atoms with Crippen LogP contribution in [0.1, 0.15) is 5.56 Å². The fourth-order valence-corrected chi connectivity index (χ4v) is 1.46. The monoisotopic (exact) mass is 272 g/mol. The SMILES string of the molecule is N#Cc1cnc(N(CCO)CC(F)F)c([N+](=O)[O-])c1. The number of aliphatic hydroxyl groups is 1. The molecule has 0 fully saturated rings. The second-order valence-corrected chi connectivity index (χ2v) is 3.50. The van der Waals surface area contributed by atoms with Gasteiger partial charge in [0.2, 0.25) is 5.82 Å². The molecule has 0 aliphatic carbocycles. The van der Waals surface area contributed by atoms with Crippen molar-refractivity contribution in [1.82, 2.24) is 4.98 Å². The van der Waals surface area contributed by atoms with Gasteiger partial charge in [-0.05, 0) is 0 Å². The highest BCUT2D eigenvalue weighted by molar-refractivity contribution is 5.60. The van der Waals surface area contributed by atoms with Crippen LogP contribution >= 0.6 is 0 Å². The first-order valence-electron chi connectivity index (χ1n) is 5.18. The number of anilines is 1. The maximum absolute atomic E-state index is 12.4. The molecule has 0 saturated carbocycles. The van der Waals surface area contributed by atoms with Crippen molar-refractivity contribution >= 4 is 11.5 Å². The summed E-state index contributed by atoms with van der Waals surface area (Å²) in [5, 5.41) is 28.3. The summed E-state index contributed by atoms with van der Waals surface area (Å²) in [6.45, 7) is -1.46. The van der Waals surface area contributed by atoms with E-state index in [1.54, 1.807) is 6.07 Å². The highest BCUT2D eigenvalue weighted by atomic mass is 19.3. The minimum absolute atomic E-state index is 0.0450. The van der Waals surface area contributed by atoms with Gasteiger partial charge in [-0.3, -0.25) is 10.1 Å². The number of nitriles is 1. The van der Waals surface area contributed by atoms with Crippen molar-refractivity contribution in [1.29, 1.82) is 5.26 Å². The molecular weight excluding hydrogens is 262 g/mol. The molecule has 0 spiro atoms. The number of rotatable bonds is 6. The van der Waals surface area contributed by atoms with Crippen LogP contribution in [0.3, 0.4) is 0 Å². The van der Waals surface area contributed by atoms with Gasteiger partial charge in [-0.25, -0.2) is 13.8 Å². The molecular formula is C10H10F2N4O3. The van der Waals surface area contributed by atoms with Crippen LogP contribution in [0.25, 0.3) is 0 Å². The van der Waals surface area contributed by atoms with Crippen molar-refractivity contribution in [2.75, 3.05) is 24.6 Å². The molecule has 0 aliphatic rings. The average Bonchev–Trinajstić information content (AvgIpc) is 2.37. The summed E-state index contributed by atoms with van der Waals surface area (Å²) in [4.78, 5) is 14.6. The van der Waals surface area contributed by atoms with Gasteiger partial charge in [-0.2, -0.15) is 5.26 Å². The summed E-state index contributed by atoms with van der Waals surface area (Å²) in [5.41, 5.74) is -0.593. The number of aromatic nitrogens is 1. The molecule has 0 aliphatic heterocycles. The molecule has 1 aromatic rings. The van der Waals surface area contributed by atoms with E-state index in [0.717, 1.165) is 17.2 Å². The van der Waals surface area contributed by atoms with Crippen LogP contribution in [0.2, 0.25) is 0 Å². The van der Waals surface area contributed by atoms with Crippen LogP contribution < -0.4 is 4.90 Å². The quantitative estimate of drug-likeness (QED) is 0.610. The Morgan fingerprint density at radius 2 is 2.32 bits per heavy atom. The van der Waals surface area contributed by atoms with Gasteiger partial charge in [-0.1, -0.05) is 0 Å². The van der Waals surface area contributed by atoms with Crippen LogP contribution in [0, 0.1) is 21.4 Å². The zero-order chi connectivity index (χ0) is 14.4. The van der Waals surface area contributed by atoms with E-state index in [4.69, 9.17) is 10.4 Å². The van der Waals surface area contributed by atoms with E-state index < -0.39 is 30.2 Å². The van der Waals surface area contributed by atoms with E-state index in [-0.39, 0.29) is 17.9 Å². The Hall–Kier alpha value is -2.34. The third kappa shape index (κ3) is 3.82. The first-order valence-corrected chi connectivity index (χ1v) is 5.18. The van der Waals surface area contributed by atoms with Gasteiger partial charge < -0.3 is 10.0 Å². The summed E-state index contributed by atoms with van der Waals surface area (Å²) in [6.07, 6.45) is -1.68. The zero-order valence-electron chi connectivity index (χ0n) is 9.66. The van der Waals surface area contributed by atoms with E-state index in [1.165, 1.54) is 0 Å². The van der Waals surface area contributed by atoms with E-state index >= 15 is 0 Å².